The van der Waals surface area contributed by atoms with Crippen molar-refractivity contribution in [1.82, 2.24) is 5.32 Å². The second kappa shape index (κ2) is 6.19. The van der Waals surface area contributed by atoms with Crippen LogP contribution in [0, 0.1) is 11.8 Å². The monoisotopic (exact) mass is 281 g/mol. The minimum atomic E-state index is -0.731. The number of nitrogens with one attached hydrogen (secondary N) is 1. The van der Waals surface area contributed by atoms with Crippen LogP contribution in [-0.4, -0.2) is 17.0 Å². The van der Waals surface area contributed by atoms with Gasteiger partial charge in [0, 0.05) is 10.8 Å². The van der Waals surface area contributed by atoms with Gasteiger partial charge in [0.05, 0.1) is 12.0 Å². The minimum absolute atomic E-state index is 0.0296. The number of hydrogen-bond donors (Lipinski definition) is 2. The summed E-state index contributed by atoms with van der Waals surface area (Å²) in [6.07, 6.45) is 2.58. The van der Waals surface area contributed by atoms with Crippen LogP contribution >= 0.6 is 11.3 Å². The lowest BCUT2D eigenvalue weighted by Gasteiger charge is -2.26. The van der Waals surface area contributed by atoms with Crippen molar-refractivity contribution in [2.45, 2.75) is 38.6 Å². The molecule has 5 heteroatoms. The van der Waals surface area contributed by atoms with Crippen molar-refractivity contribution in [2.24, 2.45) is 11.8 Å². The molecule has 0 aromatic carbocycles. The number of carbonyl (C=O) groups excluding carboxylic acids is 1. The zero-order valence-electron chi connectivity index (χ0n) is 11.0. The summed E-state index contributed by atoms with van der Waals surface area (Å²) in [4.78, 5) is 24.1. The molecule has 1 atom stereocenters. The molecule has 0 bridgehead atoms. The standard InChI is InChI=1S/C14H19NO3S/c1-9(12-3-2-8-19-12)15-13(16)10-4-6-11(7-5-10)14(17)18/h2-3,8-11H,4-7H2,1H3,(H,15,16)(H,17,18). The van der Waals surface area contributed by atoms with Gasteiger partial charge in [0.2, 0.25) is 5.91 Å². The highest BCUT2D eigenvalue weighted by Gasteiger charge is 2.30. The van der Waals surface area contributed by atoms with Gasteiger partial charge < -0.3 is 10.4 Å². The van der Waals surface area contributed by atoms with Crippen molar-refractivity contribution in [1.29, 1.82) is 0 Å². The number of carboxylic acid groups (broad SMARTS) is 1. The highest BCUT2D eigenvalue weighted by Crippen LogP contribution is 2.29. The van der Waals surface area contributed by atoms with E-state index in [1.54, 1.807) is 11.3 Å². The summed E-state index contributed by atoms with van der Waals surface area (Å²) < 4.78 is 0. The van der Waals surface area contributed by atoms with Gasteiger partial charge in [-0.2, -0.15) is 0 Å². The van der Waals surface area contributed by atoms with Gasteiger partial charge >= 0.3 is 5.97 Å². The van der Waals surface area contributed by atoms with Crippen molar-refractivity contribution < 1.29 is 14.7 Å². The first kappa shape index (κ1) is 14.1. The Morgan fingerprint density at radius 3 is 2.47 bits per heavy atom. The third kappa shape index (κ3) is 3.56. The number of aliphatic carboxylic acids is 1. The Morgan fingerprint density at radius 1 is 1.32 bits per heavy atom. The van der Waals surface area contributed by atoms with E-state index in [0.29, 0.717) is 25.7 Å². The number of hydrogen-bond acceptors (Lipinski definition) is 3. The third-order valence-corrected chi connectivity index (χ3v) is 4.83. The molecule has 1 unspecified atom stereocenters. The Labute approximate surface area is 116 Å². The maximum Gasteiger partial charge on any atom is 0.306 e. The molecular weight excluding hydrogens is 262 g/mol. The number of thiophene rings is 1. The van der Waals surface area contributed by atoms with Gasteiger partial charge in [-0.25, -0.2) is 0 Å². The number of rotatable bonds is 4. The predicted molar refractivity (Wildman–Crippen MR) is 74.0 cm³/mol. The van der Waals surface area contributed by atoms with Crippen LogP contribution in [0.1, 0.15) is 43.5 Å². The van der Waals surface area contributed by atoms with Crippen molar-refractivity contribution in [3.8, 4) is 0 Å². The molecule has 0 aliphatic heterocycles. The zero-order valence-corrected chi connectivity index (χ0v) is 11.8. The summed E-state index contributed by atoms with van der Waals surface area (Å²) >= 11 is 1.63. The molecule has 2 rings (SSSR count). The van der Waals surface area contributed by atoms with Crippen LogP contribution in [-0.2, 0) is 9.59 Å². The van der Waals surface area contributed by atoms with Crippen LogP contribution in [0.3, 0.4) is 0 Å². The van der Waals surface area contributed by atoms with E-state index in [1.165, 1.54) is 0 Å². The Balaban J connectivity index is 1.83. The molecule has 1 heterocycles. The van der Waals surface area contributed by atoms with E-state index in [0.717, 1.165) is 4.88 Å². The molecule has 0 saturated heterocycles. The van der Waals surface area contributed by atoms with Gasteiger partial charge in [-0.1, -0.05) is 6.07 Å². The molecule has 1 aliphatic carbocycles. The number of carbonyl (C=O) groups is 2. The first-order chi connectivity index (χ1) is 9.08. The van der Waals surface area contributed by atoms with Crippen molar-refractivity contribution >= 4 is 23.2 Å². The summed E-state index contributed by atoms with van der Waals surface area (Å²) in [7, 11) is 0. The lowest BCUT2D eigenvalue weighted by Crippen LogP contribution is -2.35. The van der Waals surface area contributed by atoms with E-state index >= 15 is 0 Å². The fraction of sp³-hybridized carbons (Fsp3) is 0.571. The van der Waals surface area contributed by atoms with Crippen LogP contribution < -0.4 is 5.32 Å². The molecule has 19 heavy (non-hydrogen) atoms. The molecule has 0 radical (unpaired) electrons. The molecule has 1 fully saturated rings. The van der Waals surface area contributed by atoms with Gasteiger partial charge in [-0.05, 0) is 44.1 Å². The highest BCUT2D eigenvalue weighted by molar-refractivity contribution is 7.10. The quantitative estimate of drug-likeness (QED) is 0.891. The molecule has 104 valence electrons. The maximum atomic E-state index is 12.1. The fourth-order valence-corrected chi connectivity index (χ4v) is 3.28. The second-order valence-electron chi connectivity index (χ2n) is 5.13. The van der Waals surface area contributed by atoms with Crippen LogP contribution in [0.2, 0.25) is 0 Å². The Morgan fingerprint density at radius 2 is 1.95 bits per heavy atom. The van der Waals surface area contributed by atoms with Gasteiger partial charge in [0.25, 0.3) is 0 Å². The summed E-state index contributed by atoms with van der Waals surface area (Å²) in [5, 5.41) is 14.0. The van der Waals surface area contributed by atoms with Gasteiger partial charge in [0.1, 0.15) is 0 Å². The fourth-order valence-electron chi connectivity index (χ4n) is 2.54. The first-order valence-corrected chi connectivity index (χ1v) is 7.52. The van der Waals surface area contributed by atoms with Gasteiger partial charge in [-0.3, -0.25) is 9.59 Å². The maximum absolute atomic E-state index is 12.1. The SMILES string of the molecule is CC(NC(=O)C1CCC(C(=O)O)CC1)c1cccs1. The number of carboxylic acids is 1. The molecular formula is C14H19NO3S. The van der Waals surface area contributed by atoms with Gasteiger partial charge in [-0.15, -0.1) is 11.3 Å². The lowest BCUT2D eigenvalue weighted by atomic mass is 9.81. The van der Waals surface area contributed by atoms with Crippen LogP contribution in [0.5, 0.6) is 0 Å². The molecule has 1 aromatic rings. The smallest absolute Gasteiger partial charge is 0.306 e. The third-order valence-electron chi connectivity index (χ3n) is 3.78. The largest absolute Gasteiger partial charge is 0.481 e. The van der Waals surface area contributed by atoms with E-state index in [9.17, 15) is 9.59 Å². The van der Waals surface area contributed by atoms with E-state index < -0.39 is 5.97 Å². The first-order valence-electron chi connectivity index (χ1n) is 6.64. The highest BCUT2D eigenvalue weighted by atomic mass is 32.1. The van der Waals surface area contributed by atoms with E-state index in [2.05, 4.69) is 5.32 Å². The van der Waals surface area contributed by atoms with Crippen LogP contribution in [0.4, 0.5) is 0 Å². The van der Waals surface area contributed by atoms with Gasteiger partial charge in [0.15, 0.2) is 0 Å². The van der Waals surface area contributed by atoms with Crippen LogP contribution in [0.15, 0.2) is 17.5 Å². The summed E-state index contributed by atoms with van der Waals surface area (Å²) in [5.74, 6) is -0.965. The minimum Gasteiger partial charge on any atom is -0.481 e. The molecule has 1 aliphatic rings. The molecule has 2 N–H and O–H groups in total. The molecule has 0 spiro atoms. The van der Waals surface area contributed by atoms with Crippen LogP contribution in [0.25, 0.3) is 0 Å². The van der Waals surface area contributed by atoms with Crippen molar-refractivity contribution in [3.05, 3.63) is 22.4 Å². The van der Waals surface area contributed by atoms with E-state index in [-0.39, 0.29) is 23.8 Å². The van der Waals surface area contributed by atoms with E-state index in [4.69, 9.17) is 5.11 Å². The number of amides is 1. The lowest BCUT2D eigenvalue weighted by molar-refractivity contribution is -0.144. The topological polar surface area (TPSA) is 66.4 Å². The predicted octanol–water partition coefficient (Wildman–Crippen LogP) is 2.82. The summed E-state index contributed by atoms with van der Waals surface area (Å²) in [5.41, 5.74) is 0. The second-order valence-corrected chi connectivity index (χ2v) is 6.11. The average molecular weight is 281 g/mol. The molecule has 1 aromatic heterocycles. The average Bonchev–Trinajstić information content (AvgIpc) is 2.92. The molecule has 1 amide bonds. The van der Waals surface area contributed by atoms with E-state index in [1.807, 2.05) is 24.4 Å². The van der Waals surface area contributed by atoms with Crippen molar-refractivity contribution in [3.63, 3.8) is 0 Å². The Hall–Kier alpha value is -1.36. The summed E-state index contributed by atoms with van der Waals surface area (Å²) in [6.45, 7) is 1.98. The Kier molecular flexibility index (Phi) is 4.58. The molecule has 1 saturated carbocycles. The zero-order chi connectivity index (χ0) is 13.8. The normalized spacial score (nSPS) is 24.7. The summed E-state index contributed by atoms with van der Waals surface area (Å²) in [6, 6.07) is 4.02. The van der Waals surface area contributed by atoms with Crippen molar-refractivity contribution in [2.75, 3.05) is 0 Å². The Bertz CT molecular complexity index is 436. The molecule has 4 nitrogen and oxygen atoms in total.